The van der Waals surface area contributed by atoms with Crippen molar-refractivity contribution in [2.45, 2.75) is 13.0 Å². The average molecular weight is 128 g/mol. The monoisotopic (exact) mass is 128 g/mol. The van der Waals surface area contributed by atoms with Crippen molar-refractivity contribution in [2.24, 2.45) is 5.73 Å². The maximum atomic E-state index is 10.6. The van der Waals surface area contributed by atoms with Gasteiger partial charge in [0.1, 0.15) is 6.04 Å². The third-order valence-corrected chi connectivity index (χ3v) is 1.34. The fraction of sp³-hybridized carbons (Fsp3) is 0.600. The minimum absolute atomic E-state index is 0.221. The smallest absolute Gasteiger partial charge is 0.247 e. The van der Waals surface area contributed by atoms with Crippen molar-refractivity contribution < 1.29 is 9.59 Å². The van der Waals surface area contributed by atoms with Gasteiger partial charge >= 0.3 is 0 Å². The zero-order chi connectivity index (χ0) is 7.02. The number of carbonyl (C=O) groups excluding carboxylic acids is 2. The maximum Gasteiger partial charge on any atom is 0.247 e. The molecule has 1 aliphatic heterocycles. The lowest BCUT2D eigenvalue weighted by atomic mass is 10.1. The Balaban J connectivity index is 2.52. The Hall–Kier alpha value is -0.900. The van der Waals surface area contributed by atoms with Crippen LogP contribution in [0.4, 0.5) is 0 Å². The normalized spacial score (nSPS) is 25.8. The molecular weight excluding hydrogens is 120 g/mol. The van der Waals surface area contributed by atoms with Gasteiger partial charge in [-0.3, -0.25) is 14.5 Å². The fourth-order valence-electron chi connectivity index (χ4n) is 0.736. The molecule has 0 bridgehead atoms. The Morgan fingerprint density at radius 2 is 2.44 bits per heavy atom. The minimum atomic E-state index is -0.436. The van der Waals surface area contributed by atoms with Crippen molar-refractivity contribution >= 4 is 11.8 Å². The summed E-state index contributed by atoms with van der Waals surface area (Å²) in [5.74, 6) is -0.482. The summed E-state index contributed by atoms with van der Waals surface area (Å²) < 4.78 is 0. The number of amides is 2. The number of imide groups is 1. The van der Waals surface area contributed by atoms with Crippen LogP contribution in [0.2, 0.25) is 0 Å². The molecule has 2 N–H and O–H groups in total. The van der Waals surface area contributed by atoms with E-state index < -0.39 is 6.04 Å². The number of nitrogens with two attached hydrogens (primary N) is 1. The molecule has 0 saturated carbocycles. The van der Waals surface area contributed by atoms with Gasteiger partial charge in [-0.2, -0.15) is 0 Å². The highest BCUT2D eigenvalue weighted by Crippen LogP contribution is 2.06. The topological polar surface area (TPSA) is 63.4 Å². The Morgan fingerprint density at radius 3 is 2.56 bits per heavy atom. The second kappa shape index (κ2) is 1.80. The van der Waals surface area contributed by atoms with E-state index in [2.05, 4.69) is 0 Å². The van der Waals surface area contributed by atoms with Gasteiger partial charge in [0.2, 0.25) is 11.8 Å². The zero-order valence-corrected chi connectivity index (χ0v) is 5.13. The molecule has 1 saturated heterocycles. The first-order valence-corrected chi connectivity index (χ1v) is 2.70. The van der Waals surface area contributed by atoms with Crippen LogP contribution in [0.3, 0.4) is 0 Å². The van der Waals surface area contributed by atoms with Gasteiger partial charge in [0, 0.05) is 6.92 Å². The quantitative estimate of drug-likeness (QED) is 0.412. The van der Waals surface area contributed by atoms with Gasteiger partial charge in [-0.1, -0.05) is 0 Å². The lowest BCUT2D eigenvalue weighted by Crippen LogP contribution is -2.62. The molecule has 50 valence electrons. The van der Waals surface area contributed by atoms with Gasteiger partial charge in [0.25, 0.3) is 0 Å². The Kier molecular flexibility index (Phi) is 1.25. The highest BCUT2D eigenvalue weighted by atomic mass is 16.2. The van der Waals surface area contributed by atoms with E-state index in [0.29, 0.717) is 6.54 Å². The molecule has 1 fully saturated rings. The molecule has 9 heavy (non-hydrogen) atoms. The predicted octanol–water partition coefficient (Wildman–Crippen LogP) is -1.30. The first-order chi connectivity index (χ1) is 4.13. The maximum absolute atomic E-state index is 10.6. The number of carbonyl (C=O) groups is 2. The molecule has 1 atom stereocenters. The average Bonchev–Trinajstić information content (AvgIpc) is 1.81. The van der Waals surface area contributed by atoms with Crippen molar-refractivity contribution in [1.82, 2.24) is 4.90 Å². The van der Waals surface area contributed by atoms with Gasteiger partial charge < -0.3 is 5.73 Å². The predicted molar refractivity (Wildman–Crippen MR) is 30.4 cm³/mol. The number of rotatable bonds is 0. The third kappa shape index (κ3) is 0.810. The Labute approximate surface area is 52.6 Å². The summed E-state index contributed by atoms with van der Waals surface area (Å²) in [7, 11) is 0. The van der Waals surface area contributed by atoms with Crippen LogP contribution in [0.5, 0.6) is 0 Å². The Bertz CT molecular complexity index is 166. The summed E-state index contributed by atoms with van der Waals surface area (Å²) in [6.07, 6.45) is 0. The van der Waals surface area contributed by atoms with Crippen LogP contribution < -0.4 is 5.73 Å². The summed E-state index contributed by atoms with van der Waals surface area (Å²) in [4.78, 5) is 22.1. The second-order valence-electron chi connectivity index (χ2n) is 2.07. The van der Waals surface area contributed by atoms with E-state index in [9.17, 15) is 9.59 Å². The lowest BCUT2D eigenvalue weighted by Gasteiger charge is -2.33. The third-order valence-electron chi connectivity index (χ3n) is 1.34. The van der Waals surface area contributed by atoms with E-state index in [-0.39, 0.29) is 11.8 Å². The molecular formula is C5H8N2O2. The van der Waals surface area contributed by atoms with Crippen LogP contribution in [0.15, 0.2) is 0 Å². The van der Waals surface area contributed by atoms with Crippen LogP contribution in [-0.4, -0.2) is 29.3 Å². The van der Waals surface area contributed by atoms with Gasteiger partial charge in [-0.05, 0) is 0 Å². The van der Waals surface area contributed by atoms with E-state index in [1.807, 2.05) is 0 Å². The molecule has 1 rings (SSSR count). The van der Waals surface area contributed by atoms with Gasteiger partial charge in [-0.25, -0.2) is 0 Å². The Morgan fingerprint density at radius 1 is 1.89 bits per heavy atom. The van der Waals surface area contributed by atoms with Crippen LogP contribution in [-0.2, 0) is 9.59 Å². The van der Waals surface area contributed by atoms with E-state index in [1.54, 1.807) is 0 Å². The standard InChI is InChI=1S/C5H8N2O2/c1-3(8)7-2-4(6)5(7)9/h4H,2,6H2,1H3. The SMILES string of the molecule is CC(=O)N1CC(N)C1=O. The van der Waals surface area contributed by atoms with Crippen LogP contribution >= 0.6 is 0 Å². The molecule has 4 nitrogen and oxygen atoms in total. The summed E-state index contributed by atoms with van der Waals surface area (Å²) in [5.41, 5.74) is 5.21. The zero-order valence-electron chi connectivity index (χ0n) is 5.13. The first kappa shape index (κ1) is 6.22. The van der Waals surface area contributed by atoms with Gasteiger partial charge in [0.15, 0.2) is 0 Å². The minimum Gasteiger partial charge on any atom is -0.318 e. The highest BCUT2D eigenvalue weighted by Gasteiger charge is 2.35. The molecule has 2 amide bonds. The first-order valence-electron chi connectivity index (χ1n) is 2.70. The number of nitrogens with zero attached hydrogens (tertiary/aromatic N) is 1. The largest absolute Gasteiger partial charge is 0.318 e. The van der Waals surface area contributed by atoms with Crippen molar-refractivity contribution in [2.75, 3.05) is 6.54 Å². The van der Waals surface area contributed by atoms with Crippen LogP contribution in [0, 0.1) is 0 Å². The summed E-state index contributed by atoms with van der Waals surface area (Å²) >= 11 is 0. The van der Waals surface area contributed by atoms with Crippen molar-refractivity contribution in [1.29, 1.82) is 0 Å². The summed E-state index contributed by atoms with van der Waals surface area (Å²) in [5, 5.41) is 0. The van der Waals surface area contributed by atoms with Gasteiger partial charge in [0.05, 0.1) is 6.54 Å². The van der Waals surface area contributed by atoms with E-state index >= 15 is 0 Å². The molecule has 4 heteroatoms. The van der Waals surface area contributed by atoms with Crippen molar-refractivity contribution in [3.8, 4) is 0 Å². The summed E-state index contributed by atoms with van der Waals surface area (Å²) in [6.45, 7) is 1.73. The summed E-state index contributed by atoms with van der Waals surface area (Å²) in [6, 6.07) is -0.436. The van der Waals surface area contributed by atoms with Crippen molar-refractivity contribution in [3.63, 3.8) is 0 Å². The molecule has 0 aliphatic carbocycles. The highest BCUT2D eigenvalue weighted by molar-refractivity contribution is 6.01. The van der Waals surface area contributed by atoms with E-state index in [1.165, 1.54) is 6.92 Å². The van der Waals surface area contributed by atoms with E-state index in [0.717, 1.165) is 4.90 Å². The molecule has 0 aromatic carbocycles. The van der Waals surface area contributed by atoms with Crippen LogP contribution in [0.25, 0.3) is 0 Å². The molecule has 0 radical (unpaired) electrons. The van der Waals surface area contributed by atoms with E-state index in [4.69, 9.17) is 5.73 Å². The molecule has 0 spiro atoms. The fourth-order valence-corrected chi connectivity index (χ4v) is 0.736. The molecule has 1 heterocycles. The molecule has 1 aliphatic rings. The van der Waals surface area contributed by atoms with Crippen molar-refractivity contribution in [3.05, 3.63) is 0 Å². The lowest BCUT2D eigenvalue weighted by molar-refractivity contribution is -0.152. The molecule has 0 aromatic heterocycles. The number of likely N-dealkylation sites (tertiary alicyclic amines) is 1. The molecule has 1 unspecified atom stereocenters. The number of hydrogen-bond acceptors (Lipinski definition) is 3. The molecule has 0 aromatic rings. The number of β-lactam (4-membered cyclic amide) rings is 1. The number of hydrogen-bond donors (Lipinski definition) is 1. The second-order valence-corrected chi connectivity index (χ2v) is 2.07. The van der Waals surface area contributed by atoms with Crippen LogP contribution in [0.1, 0.15) is 6.92 Å². The van der Waals surface area contributed by atoms with Gasteiger partial charge in [-0.15, -0.1) is 0 Å².